The van der Waals surface area contributed by atoms with E-state index in [9.17, 15) is 13.2 Å². The summed E-state index contributed by atoms with van der Waals surface area (Å²) >= 11 is 1.80. The highest BCUT2D eigenvalue weighted by atomic mass is 127. The fourth-order valence-electron chi connectivity index (χ4n) is 1.15. The monoisotopic (exact) mass is 357 g/mol. The van der Waals surface area contributed by atoms with Crippen molar-refractivity contribution in [1.29, 1.82) is 5.26 Å². The van der Waals surface area contributed by atoms with Crippen LogP contribution in [0, 0.1) is 14.9 Å². The summed E-state index contributed by atoms with van der Waals surface area (Å²) in [5, 5.41) is 8.53. The molecule has 0 aliphatic rings. The van der Waals surface area contributed by atoms with Crippen LogP contribution in [-0.2, 0) is 13.0 Å². The number of hydrogen-bond acceptors (Lipinski definition) is 4. The summed E-state index contributed by atoms with van der Waals surface area (Å²) in [5.74, 6) is -0.425. The summed E-state index contributed by atoms with van der Waals surface area (Å²) in [4.78, 5) is 3.75. The second kappa shape index (κ2) is 5.50. The lowest BCUT2D eigenvalue weighted by Crippen LogP contribution is -2.20. The van der Waals surface area contributed by atoms with Crippen molar-refractivity contribution in [1.82, 2.24) is 4.98 Å². The molecule has 0 radical (unpaired) electrons. The van der Waals surface area contributed by atoms with Crippen LogP contribution in [0.4, 0.5) is 13.2 Å². The van der Waals surface area contributed by atoms with E-state index in [0.29, 0.717) is 9.26 Å². The van der Waals surface area contributed by atoms with E-state index >= 15 is 0 Å². The molecular formula is C9H7F3IN3O. The Labute approximate surface area is 109 Å². The number of nitrogens with two attached hydrogens (primary N) is 1. The number of nitrogens with zero attached hydrogens (tertiary/aromatic N) is 2. The predicted molar refractivity (Wildman–Crippen MR) is 60.8 cm³/mol. The molecule has 0 bridgehead atoms. The van der Waals surface area contributed by atoms with E-state index in [2.05, 4.69) is 9.72 Å². The van der Waals surface area contributed by atoms with Crippen molar-refractivity contribution < 1.29 is 17.9 Å². The van der Waals surface area contributed by atoms with E-state index in [1.807, 2.05) is 6.07 Å². The summed E-state index contributed by atoms with van der Waals surface area (Å²) in [6.07, 6.45) is -3.84. The number of nitriles is 1. The maximum absolute atomic E-state index is 12.1. The largest absolute Gasteiger partial charge is 0.573 e. The third-order valence-electron chi connectivity index (χ3n) is 1.83. The number of halogens is 4. The van der Waals surface area contributed by atoms with Crippen molar-refractivity contribution in [3.05, 3.63) is 21.0 Å². The number of aromatic nitrogens is 1. The van der Waals surface area contributed by atoms with Gasteiger partial charge in [0, 0.05) is 15.7 Å². The van der Waals surface area contributed by atoms with Crippen molar-refractivity contribution in [3.8, 4) is 11.8 Å². The zero-order valence-electron chi connectivity index (χ0n) is 8.38. The highest BCUT2D eigenvalue weighted by molar-refractivity contribution is 14.1. The first kappa shape index (κ1) is 14.0. The molecule has 0 saturated carbocycles. The van der Waals surface area contributed by atoms with Crippen molar-refractivity contribution in [2.24, 2.45) is 5.73 Å². The molecule has 8 heteroatoms. The van der Waals surface area contributed by atoms with Crippen LogP contribution in [0.15, 0.2) is 6.20 Å². The van der Waals surface area contributed by atoms with Gasteiger partial charge < -0.3 is 10.5 Å². The second-order valence-electron chi connectivity index (χ2n) is 2.95. The molecule has 0 unspecified atom stereocenters. The third-order valence-corrected chi connectivity index (χ3v) is 3.10. The normalized spacial score (nSPS) is 11.1. The third kappa shape index (κ3) is 3.71. The summed E-state index contributed by atoms with van der Waals surface area (Å²) in [5.41, 5.74) is 5.96. The van der Waals surface area contributed by atoms with Crippen LogP contribution in [0.3, 0.4) is 0 Å². The zero-order chi connectivity index (χ0) is 13.1. The van der Waals surface area contributed by atoms with E-state index in [1.54, 1.807) is 22.6 Å². The Morgan fingerprint density at radius 2 is 2.18 bits per heavy atom. The molecule has 0 spiro atoms. The number of pyridine rings is 1. The summed E-state index contributed by atoms with van der Waals surface area (Å²) < 4.78 is 40.5. The first-order chi connectivity index (χ1) is 7.89. The quantitative estimate of drug-likeness (QED) is 0.842. The molecule has 17 heavy (non-hydrogen) atoms. The van der Waals surface area contributed by atoms with Gasteiger partial charge >= 0.3 is 6.36 Å². The minimum Gasteiger partial charge on any atom is -0.404 e. The molecule has 92 valence electrons. The van der Waals surface area contributed by atoms with Crippen LogP contribution in [0.1, 0.15) is 11.3 Å². The number of alkyl halides is 3. The van der Waals surface area contributed by atoms with Crippen molar-refractivity contribution in [3.63, 3.8) is 0 Å². The summed E-state index contributed by atoms with van der Waals surface area (Å²) in [7, 11) is 0. The Balaban J connectivity index is 3.17. The zero-order valence-corrected chi connectivity index (χ0v) is 10.5. The summed E-state index contributed by atoms with van der Waals surface area (Å²) in [6.45, 7) is -0.120. The molecule has 1 rings (SSSR count). The molecule has 1 heterocycles. The SMILES string of the molecule is N#CCc1ncc(OC(F)(F)F)c(CN)c1I. The molecule has 0 aliphatic carbocycles. The Morgan fingerprint density at radius 1 is 1.53 bits per heavy atom. The highest BCUT2D eigenvalue weighted by Crippen LogP contribution is 2.29. The fourth-order valence-corrected chi connectivity index (χ4v) is 1.97. The van der Waals surface area contributed by atoms with Gasteiger partial charge in [-0.05, 0) is 22.6 Å². The smallest absolute Gasteiger partial charge is 0.404 e. The molecule has 0 aromatic carbocycles. The lowest BCUT2D eigenvalue weighted by molar-refractivity contribution is -0.275. The maximum atomic E-state index is 12.1. The van der Waals surface area contributed by atoms with Gasteiger partial charge in [0.1, 0.15) is 0 Å². The summed E-state index contributed by atoms with van der Waals surface area (Å²) in [6, 6.07) is 1.87. The van der Waals surface area contributed by atoms with Gasteiger partial charge in [-0.25, -0.2) is 0 Å². The molecular weight excluding hydrogens is 350 g/mol. The van der Waals surface area contributed by atoms with E-state index in [0.717, 1.165) is 6.20 Å². The number of ether oxygens (including phenoxy) is 1. The van der Waals surface area contributed by atoms with Gasteiger partial charge in [-0.2, -0.15) is 5.26 Å². The van der Waals surface area contributed by atoms with Crippen LogP contribution in [0.2, 0.25) is 0 Å². The molecule has 0 atom stereocenters. The minimum atomic E-state index is -4.79. The Kier molecular flexibility index (Phi) is 4.53. The van der Waals surface area contributed by atoms with Gasteiger partial charge in [-0.1, -0.05) is 0 Å². The minimum absolute atomic E-state index is 0.0115. The molecule has 0 fully saturated rings. The van der Waals surface area contributed by atoms with Crippen LogP contribution in [-0.4, -0.2) is 11.3 Å². The van der Waals surface area contributed by atoms with E-state index in [4.69, 9.17) is 11.0 Å². The fraction of sp³-hybridized carbons (Fsp3) is 0.333. The van der Waals surface area contributed by atoms with E-state index in [1.165, 1.54) is 0 Å². The molecule has 1 aromatic rings. The van der Waals surface area contributed by atoms with Crippen LogP contribution in [0.5, 0.6) is 5.75 Å². The molecule has 0 aliphatic heterocycles. The number of rotatable bonds is 3. The second-order valence-corrected chi connectivity index (χ2v) is 4.03. The van der Waals surface area contributed by atoms with Gasteiger partial charge in [0.05, 0.1) is 24.4 Å². The Bertz CT molecular complexity index is 456. The average Bonchev–Trinajstić information content (AvgIpc) is 2.21. The maximum Gasteiger partial charge on any atom is 0.573 e. The Hall–Kier alpha value is -1.08. The van der Waals surface area contributed by atoms with Gasteiger partial charge in [0.25, 0.3) is 0 Å². The van der Waals surface area contributed by atoms with Crippen molar-refractivity contribution in [2.75, 3.05) is 0 Å². The predicted octanol–water partition coefficient (Wildman–Crippen LogP) is 2.11. The Morgan fingerprint density at radius 3 is 2.65 bits per heavy atom. The van der Waals surface area contributed by atoms with Gasteiger partial charge in [0.2, 0.25) is 0 Å². The van der Waals surface area contributed by atoms with Crippen molar-refractivity contribution in [2.45, 2.75) is 19.3 Å². The molecule has 2 N–H and O–H groups in total. The van der Waals surface area contributed by atoms with Crippen LogP contribution in [0.25, 0.3) is 0 Å². The first-order valence-corrected chi connectivity index (χ1v) is 5.46. The standard InChI is InChI=1S/C9H7F3IN3O/c10-9(11,12)17-7-4-16-6(1-2-14)8(13)5(7)3-15/h4H,1,3,15H2. The highest BCUT2D eigenvalue weighted by Gasteiger charge is 2.32. The van der Waals surface area contributed by atoms with Crippen LogP contribution >= 0.6 is 22.6 Å². The van der Waals surface area contributed by atoms with Gasteiger partial charge in [-0.15, -0.1) is 13.2 Å². The van der Waals surface area contributed by atoms with Gasteiger partial charge in [0.15, 0.2) is 5.75 Å². The number of hydrogen-bond donors (Lipinski definition) is 1. The molecule has 0 amide bonds. The lowest BCUT2D eigenvalue weighted by atomic mass is 10.2. The van der Waals surface area contributed by atoms with E-state index in [-0.39, 0.29) is 18.5 Å². The average molecular weight is 357 g/mol. The lowest BCUT2D eigenvalue weighted by Gasteiger charge is -2.14. The van der Waals surface area contributed by atoms with Crippen LogP contribution < -0.4 is 10.5 Å². The first-order valence-electron chi connectivity index (χ1n) is 4.38. The molecule has 4 nitrogen and oxygen atoms in total. The molecule has 1 aromatic heterocycles. The topological polar surface area (TPSA) is 71.9 Å². The van der Waals surface area contributed by atoms with Crippen molar-refractivity contribution >= 4 is 22.6 Å². The van der Waals surface area contributed by atoms with Gasteiger partial charge in [-0.3, -0.25) is 4.98 Å². The molecule has 0 saturated heterocycles. The van der Waals surface area contributed by atoms with E-state index < -0.39 is 12.1 Å².